The standard InChI is InChI=1S/C12H22N2O/c13-12(15)10-7-2-1-3-8-11(10)14-9-5-4-6-9/h9-11,14H,1-8H2,(H2,13,15). The maximum absolute atomic E-state index is 11.4. The number of carbonyl (C=O) groups excluding carboxylic acids is 1. The SMILES string of the molecule is NC(=O)C1CCCCCC1NC1CCC1. The molecule has 2 aliphatic rings. The highest BCUT2D eigenvalue weighted by Gasteiger charge is 2.30. The number of rotatable bonds is 3. The normalized spacial score (nSPS) is 33.1. The fourth-order valence-corrected chi connectivity index (χ4v) is 2.73. The van der Waals surface area contributed by atoms with E-state index in [-0.39, 0.29) is 11.8 Å². The van der Waals surface area contributed by atoms with Gasteiger partial charge in [-0.1, -0.05) is 25.7 Å². The molecule has 0 saturated heterocycles. The molecule has 0 heterocycles. The average Bonchev–Trinajstić information content (AvgIpc) is 2.36. The summed E-state index contributed by atoms with van der Waals surface area (Å²) in [5, 5.41) is 3.63. The number of primary amides is 1. The van der Waals surface area contributed by atoms with Crippen LogP contribution >= 0.6 is 0 Å². The second-order valence-corrected chi connectivity index (χ2v) is 5.05. The Balaban J connectivity index is 1.92. The third-order valence-electron chi connectivity index (χ3n) is 3.94. The van der Waals surface area contributed by atoms with Gasteiger partial charge in [0.15, 0.2) is 0 Å². The van der Waals surface area contributed by atoms with E-state index in [0.29, 0.717) is 12.1 Å². The van der Waals surface area contributed by atoms with Crippen LogP contribution in [0.2, 0.25) is 0 Å². The molecule has 3 heteroatoms. The van der Waals surface area contributed by atoms with Crippen molar-refractivity contribution in [3.63, 3.8) is 0 Å². The van der Waals surface area contributed by atoms with Crippen molar-refractivity contribution in [1.29, 1.82) is 0 Å². The molecule has 0 bridgehead atoms. The summed E-state index contributed by atoms with van der Waals surface area (Å²) in [5.74, 6) is -0.0261. The molecule has 86 valence electrons. The topological polar surface area (TPSA) is 55.1 Å². The average molecular weight is 210 g/mol. The Morgan fingerprint density at radius 3 is 2.33 bits per heavy atom. The minimum atomic E-state index is -0.103. The van der Waals surface area contributed by atoms with Gasteiger partial charge in [0, 0.05) is 12.1 Å². The minimum Gasteiger partial charge on any atom is -0.369 e. The largest absolute Gasteiger partial charge is 0.369 e. The summed E-state index contributed by atoms with van der Waals surface area (Å²) in [7, 11) is 0. The molecule has 0 radical (unpaired) electrons. The number of hydrogen-bond donors (Lipinski definition) is 2. The molecular weight excluding hydrogens is 188 g/mol. The van der Waals surface area contributed by atoms with E-state index in [9.17, 15) is 4.79 Å². The van der Waals surface area contributed by atoms with Crippen molar-refractivity contribution >= 4 is 5.91 Å². The second kappa shape index (κ2) is 4.97. The van der Waals surface area contributed by atoms with Gasteiger partial charge in [-0.2, -0.15) is 0 Å². The predicted octanol–water partition coefficient (Wildman–Crippen LogP) is 1.56. The summed E-state index contributed by atoms with van der Waals surface area (Å²) in [6.45, 7) is 0. The lowest BCUT2D eigenvalue weighted by molar-refractivity contribution is -0.123. The molecular formula is C12H22N2O. The second-order valence-electron chi connectivity index (χ2n) is 5.05. The van der Waals surface area contributed by atoms with E-state index >= 15 is 0 Å². The van der Waals surface area contributed by atoms with Crippen LogP contribution in [0.1, 0.15) is 51.4 Å². The lowest BCUT2D eigenvalue weighted by Crippen LogP contribution is -2.48. The summed E-state index contributed by atoms with van der Waals surface area (Å²) in [6.07, 6.45) is 9.68. The van der Waals surface area contributed by atoms with E-state index in [4.69, 9.17) is 5.73 Å². The third kappa shape index (κ3) is 2.71. The third-order valence-corrected chi connectivity index (χ3v) is 3.94. The molecule has 2 saturated carbocycles. The van der Waals surface area contributed by atoms with Gasteiger partial charge in [-0.3, -0.25) is 4.79 Å². The first-order chi connectivity index (χ1) is 7.27. The van der Waals surface area contributed by atoms with Crippen LogP contribution < -0.4 is 11.1 Å². The number of carbonyl (C=O) groups is 1. The Morgan fingerprint density at radius 2 is 1.73 bits per heavy atom. The zero-order valence-corrected chi connectivity index (χ0v) is 9.37. The van der Waals surface area contributed by atoms with Crippen molar-refractivity contribution in [1.82, 2.24) is 5.32 Å². The van der Waals surface area contributed by atoms with Crippen LogP contribution in [0.25, 0.3) is 0 Å². The zero-order valence-electron chi connectivity index (χ0n) is 9.37. The van der Waals surface area contributed by atoms with Gasteiger partial charge in [-0.25, -0.2) is 0 Å². The molecule has 2 rings (SSSR count). The maximum atomic E-state index is 11.4. The summed E-state index contributed by atoms with van der Waals surface area (Å²) in [5.41, 5.74) is 5.48. The monoisotopic (exact) mass is 210 g/mol. The van der Waals surface area contributed by atoms with Gasteiger partial charge >= 0.3 is 0 Å². The van der Waals surface area contributed by atoms with Gasteiger partial charge in [-0.15, -0.1) is 0 Å². The maximum Gasteiger partial charge on any atom is 0.222 e. The number of hydrogen-bond acceptors (Lipinski definition) is 2. The van der Waals surface area contributed by atoms with E-state index in [1.807, 2.05) is 0 Å². The van der Waals surface area contributed by atoms with Gasteiger partial charge in [0.1, 0.15) is 0 Å². The van der Waals surface area contributed by atoms with Gasteiger partial charge in [0.2, 0.25) is 5.91 Å². The highest BCUT2D eigenvalue weighted by molar-refractivity contribution is 5.77. The first-order valence-corrected chi connectivity index (χ1v) is 6.33. The Morgan fingerprint density at radius 1 is 1.00 bits per heavy atom. The van der Waals surface area contributed by atoms with Crippen LogP contribution in [0.5, 0.6) is 0 Å². The molecule has 2 unspecified atom stereocenters. The van der Waals surface area contributed by atoms with Gasteiger partial charge in [0.05, 0.1) is 5.92 Å². The van der Waals surface area contributed by atoms with E-state index < -0.39 is 0 Å². The molecule has 0 aromatic carbocycles. The van der Waals surface area contributed by atoms with Crippen molar-refractivity contribution in [3.8, 4) is 0 Å². The Kier molecular flexibility index (Phi) is 3.62. The smallest absolute Gasteiger partial charge is 0.222 e. The number of nitrogens with two attached hydrogens (primary N) is 1. The quantitative estimate of drug-likeness (QED) is 0.695. The highest BCUT2D eigenvalue weighted by Crippen LogP contribution is 2.26. The molecule has 3 nitrogen and oxygen atoms in total. The summed E-state index contributed by atoms with van der Waals surface area (Å²) in [4.78, 5) is 11.4. The van der Waals surface area contributed by atoms with Gasteiger partial charge in [0.25, 0.3) is 0 Å². The van der Waals surface area contributed by atoms with Crippen molar-refractivity contribution < 1.29 is 4.79 Å². The highest BCUT2D eigenvalue weighted by atomic mass is 16.1. The van der Waals surface area contributed by atoms with Crippen LogP contribution in [0.4, 0.5) is 0 Å². The van der Waals surface area contributed by atoms with E-state index in [1.54, 1.807) is 0 Å². The lowest BCUT2D eigenvalue weighted by atomic mass is 9.88. The van der Waals surface area contributed by atoms with E-state index in [0.717, 1.165) is 19.3 Å². The minimum absolute atomic E-state index is 0.0769. The Labute approximate surface area is 91.8 Å². The molecule has 0 aliphatic heterocycles. The molecule has 2 fully saturated rings. The summed E-state index contributed by atoms with van der Waals surface area (Å²) < 4.78 is 0. The fraction of sp³-hybridized carbons (Fsp3) is 0.917. The molecule has 2 atom stereocenters. The Hall–Kier alpha value is -0.570. The number of amides is 1. The Bertz CT molecular complexity index is 226. The van der Waals surface area contributed by atoms with Crippen LogP contribution in [0, 0.1) is 5.92 Å². The molecule has 15 heavy (non-hydrogen) atoms. The lowest BCUT2D eigenvalue weighted by Gasteiger charge is -2.33. The summed E-state index contributed by atoms with van der Waals surface area (Å²) in [6, 6.07) is 1.02. The predicted molar refractivity (Wildman–Crippen MR) is 60.3 cm³/mol. The summed E-state index contributed by atoms with van der Waals surface area (Å²) >= 11 is 0. The first kappa shape index (κ1) is 10.9. The van der Waals surface area contributed by atoms with Crippen LogP contribution in [0.3, 0.4) is 0 Å². The molecule has 1 amide bonds. The van der Waals surface area contributed by atoms with Gasteiger partial charge < -0.3 is 11.1 Å². The van der Waals surface area contributed by atoms with Crippen LogP contribution in [0.15, 0.2) is 0 Å². The van der Waals surface area contributed by atoms with E-state index in [1.165, 1.54) is 32.1 Å². The van der Waals surface area contributed by atoms with E-state index in [2.05, 4.69) is 5.32 Å². The van der Waals surface area contributed by atoms with Crippen LogP contribution in [-0.2, 0) is 4.79 Å². The van der Waals surface area contributed by atoms with Gasteiger partial charge in [-0.05, 0) is 25.7 Å². The molecule has 3 N–H and O–H groups in total. The number of nitrogens with one attached hydrogen (secondary N) is 1. The molecule has 0 aromatic heterocycles. The van der Waals surface area contributed by atoms with Crippen molar-refractivity contribution in [3.05, 3.63) is 0 Å². The molecule has 2 aliphatic carbocycles. The van der Waals surface area contributed by atoms with Crippen molar-refractivity contribution in [2.75, 3.05) is 0 Å². The zero-order chi connectivity index (χ0) is 10.7. The van der Waals surface area contributed by atoms with Crippen molar-refractivity contribution in [2.45, 2.75) is 63.5 Å². The van der Waals surface area contributed by atoms with Crippen molar-refractivity contribution in [2.24, 2.45) is 11.7 Å². The molecule has 0 aromatic rings. The molecule has 0 spiro atoms. The van der Waals surface area contributed by atoms with Crippen LogP contribution in [-0.4, -0.2) is 18.0 Å². The first-order valence-electron chi connectivity index (χ1n) is 6.33. The fourth-order valence-electron chi connectivity index (χ4n) is 2.73.